The number of carbonyl (C=O) groups excluding carboxylic acids is 2. The van der Waals surface area contributed by atoms with E-state index in [0.29, 0.717) is 17.1 Å². The zero-order valence-electron chi connectivity index (χ0n) is 14.9. The number of nitrogens with one attached hydrogen (secondary N) is 1. The lowest BCUT2D eigenvalue weighted by molar-refractivity contribution is -0.115. The van der Waals surface area contributed by atoms with Gasteiger partial charge in [-0.2, -0.15) is 4.98 Å². The molecule has 0 unspecified atom stereocenters. The third-order valence-electron chi connectivity index (χ3n) is 4.57. The molecule has 2 aromatic carbocycles. The fraction of sp³-hybridized carbons (Fsp3) is 0.238. The number of Topliss-reactive ketones (excluding diaryl/α,β-unsaturated/α-hetero) is 1. The highest BCUT2D eigenvalue weighted by molar-refractivity contribution is 6.00. The molecule has 136 valence electrons. The molecule has 1 amide bonds. The fourth-order valence-electron chi connectivity index (χ4n) is 2.90. The molecule has 1 heterocycles. The van der Waals surface area contributed by atoms with Gasteiger partial charge in [0, 0.05) is 22.7 Å². The van der Waals surface area contributed by atoms with E-state index in [1.807, 2.05) is 31.2 Å². The van der Waals surface area contributed by atoms with Crippen LogP contribution >= 0.6 is 0 Å². The monoisotopic (exact) mass is 361 g/mol. The van der Waals surface area contributed by atoms with Crippen LogP contribution in [0.3, 0.4) is 0 Å². The SMILES string of the molecule is Cc1ccccc1-c1noc(CC(=O)Nc2ccc(C(=O)C3CC3)cc2)n1. The fourth-order valence-corrected chi connectivity index (χ4v) is 2.90. The van der Waals surface area contributed by atoms with E-state index in [4.69, 9.17) is 4.52 Å². The maximum Gasteiger partial charge on any atom is 0.236 e. The second kappa shape index (κ2) is 7.15. The Morgan fingerprint density at radius 1 is 1.11 bits per heavy atom. The van der Waals surface area contributed by atoms with Crippen LogP contribution in [0.5, 0.6) is 0 Å². The van der Waals surface area contributed by atoms with Crippen molar-refractivity contribution in [3.8, 4) is 11.4 Å². The molecule has 1 aliphatic rings. The van der Waals surface area contributed by atoms with E-state index in [9.17, 15) is 9.59 Å². The predicted molar refractivity (Wildman–Crippen MR) is 100 cm³/mol. The zero-order chi connectivity index (χ0) is 18.8. The summed E-state index contributed by atoms with van der Waals surface area (Å²) in [6, 6.07) is 14.7. The number of ketones is 1. The van der Waals surface area contributed by atoms with Crippen LogP contribution < -0.4 is 5.32 Å². The number of nitrogens with zero attached hydrogens (tertiary/aromatic N) is 2. The summed E-state index contributed by atoms with van der Waals surface area (Å²) in [6.45, 7) is 1.97. The van der Waals surface area contributed by atoms with Crippen molar-refractivity contribution in [1.82, 2.24) is 10.1 Å². The van der Waals surface area contributed by atoms with Crippen molar-refractivity contribution in [2.24, 2.45) is 5.92 Å². The number of carbonyl (C=O) groups is 2. The first kappa shape index (κ1) is 17.1. The highest BCUT2D eigenvalue weighted by Crippen LogP contribution is 2.32. The number of aromatic nitrogens is 2. The Hall–Kier alpha value is -3.28. The van der Waals surface area contributed by atoms with Gasteiger partial charge < -0.3 is 9.84 Å². The molecule has 6 heteroatoms. The standard InChI is InChI=1S/C21H19N3O3/c1-13-4-2-3-5-17(13)21-23-19(27-24-21)12-18(25)22-16-10-8-15(9-11-16)20(26)14-6-7-14/h2-5,8-11,14H,6-7,12H2,1H3,(H,22,25). The summed E-state index contributed by atoms with van der Waals surface area (Å²) in [6.07, 6.45) is 1.94. The number of amides is 1. The second-order valence-corrected chi connectivity index (χ2v) is 6.77. The van der Waals surface area contributed by atoms with Gasteiger partial charge in [-0.1, -0.05) is 29.4 Å². The van der Waals surface area contributed by atoms with Crippen LogP contribution in [0.25, 0.3) is 11.4 Å². The number of aryl methyl sites for hydroxylation is 1. The van der Waals surface area contributed by atoms with Gasteiger partial charge in [-0.3, -0.25) is 9.59 Å². The molecule has 1 aliphatic carbocycles. The largest absolute Gasteiger partial charge is 0.338 e. The molecule has 0 atom stereocenters. The summed E-state index contributed by atoms with van der Waals surface area (Å²) in [5.74, 6) is 0.842. The van der Waals surface area contributed by atoms with E-state index >= 15 is 0 Å². The van der Waals surface area contributed by atoms with Crippen LogP contribution in [-0.4, -0.2) is 21.8 Å². The van der Waals surface area contributed by atoms with Gasteiger partial charge in [0.15, 0.2) is 5.78 Å². The lowest BCUT2D eigenvalue weighted by atomic mass is 10.1. The third kappa shape index (κ3) is 3.95. The van der Waals surface area contributed by atoms with E-state index in [1.54, 1.807) is 24.3 Å². The molecule has 1 aromatic heterocycles. The molecule has 1 N–H and O–H groups in total. The molecule has 27 heavy (non-hydrogen) atoms. The molecule has 0 saturated heterocycles. The molecule has 3 aromatic rings. The second-order valence-electron chi connectivity index (χ2n) is 6.77. The van der Waals surface area contributed by atoms with E-state index < -0.39 is 0 Å². The van der Waals surface area contributed by atoms with Gasteiger partial charge >= 0.3 is 0 Å². The topological polar surface area (TPSA) is 85.1 Å². The summed E-state index contributed by atoms with van der Waals surface area (Å²) in [5, 5.41) is 6.74. The number of rotatable bonds is 6. The average Bonchev–Trinajstić information content (AvgIpc) is 3.42. The van der Waals surface area contributed by atoms with Gasteiger partial charge in [-0.25, -0.2) is 0 Å². The van der Waals surface area contributed by atoms with E-state index in [0.717, 1.165) is 24.0 Å². The van der Waals surface area contributed by atoms with Crippen LogP contribution in [0.15, 0.2) is 53.1 Å². The Bertz CT molecular complexity index is 988. The van der Waals surface area contributed by atoms with Crippen molar-refractivity contribution >= 4 is 17.4 Å². The van der Waals surface area contributed by atoms with Crippen LogP contribution in [0.4, 0.5) is 5.69 Å². The molecule has 0 bridgehead atoms. The molecule has 0 radical (unpaired) electrons. The molecule has 0 aliphatic heterocycles. The Kier molecular flexibility index (Phi) is 4.54. The summed E-state index contributed by atoms with van der Waals surface area (Å²) < 4.78 is 5.20. The minimum Gasteiger partial charge on any atom is -0.338 e. The number of hydrogen-bond donors (Lipinski definition) is 1. The number of benzene rings is 2. The molecule has 0 spiro atoms. The summed E-state index contributed by atoms with van der Waals surface area (Å²) >= 11 is 0. The van der Waals surface area contributed by atoms with Crippen molar-refractivity contribution in [2.75, 3.05) is 5.32 Å². The van der Waals surface area contributed by atoms with Crippen LogP contribution in [0.2, 0.25) is 0 Å². The number of anilines is 1. The van der Waals surface area contributed by atoms with Crippen molar-refractivity contribution in [3.05, 3.63) is 65.5 Å². The van der Waals surface area contributed by atoms with E-state index in [-0.39, 0.29) is 29.9 Å². The normalized spacial score (nSPS) is 13.4. The lowest BCUT2D eigenvalue weighted by Crippen LogP contribution is -2.14. The van der Waals surface area contributed by atoms with Crippen molar-refractivity contribution in [1.29, 1.82) is 0 Å². The van der Waals surface area contributed by atoms with Crippen LogP contribution in [0.1, 0.15) is 34.7 Å². The van der Waals surface area contributed by atoms with Crippen molar-refractivity contribution in [3.63, 3.8) is 0 Å². The van der Waals surface area contributed by atoms with Gasteiger partial charge in [0.05, 0.1) is 0 Å². The first-order valence-electron chi connectivity index (χ1n) is 8.93. The third-order valence-corrected chi connectivity index (χ3v) is 4.57. The highest BCUT2D eigenvalue weighted by atomic mass is 16.5. The minimum atomic E-state index is -0.253. The summed E-state index contributed by atoms with van der Waals surface area (Å²) in [5.41, 5.74) is 3.24. The average molecular weight is 361 g/mol. The van der Waals surface area contributed by atoms with Gasteiger partial charge in [0.2, 0.25) is 17.6 Å². The Morgan fingerprint density at radius 2 is 1.85 bits per heavy atom. The minimum absolute atomic E-state index is 0.0123. The lowest BCUT2D eigenvalue weighted by Gasteiger charge is -2.05. The van der Waals surface area contributed by atoms with E-state index in [2.05, 4.69) is 15.5 Å². The number of hydrogen-bond acceptors (Lipinski definition) is 5. The maximum absolute atomic E-state index is 12.2. The van der Waals surface area contributed by atoms with Crippen molar-refractivity contribution in [2.45, 2.75) is 26.2 Å². The summed E-state index contributed by atoms with van der Waals surface area (Å²) in [4.78, 5) is 28.5. The molecule has 1 saturated carbocycles. The van der Waals surface area contributed by atoms with Crippen LogP contribution in [-0.2, 0) is 11.2 Å². The van der Waals surface area contributed by atoms with Gasteiger partial charge in [0.1, 0.15) is 6.42 Å². The molecular weight excluding hydrogens is 342 g/mol. The zero-order valence-corrected chi connectivity index (χ0v) is 14.9. The van der Waals surface area contributed by atoms with Gasteiger partial charge in [-0.15, -0.1) is 0 Å². The predicted octanol–water partition coefficient (Wildman–Crippen LogP) is 3.82. The molecule has 6 nitrogen and oxygen atoms in total. The first-order chi connectivity index (χ1) is 13.1. The van der Waals surface area contributed by atoms with E-state index in [1.165, 1.54) is 0 Å². The van der Waals surface area contributed by atoms with Gasteiger partial charge in [-0.05, 0) is 49.6 Å². The maximum atomic E-state index is 12.2. The Balaban J connectivity index is 1.38. The first-order valence-corrected chi connectivity index (χ1v) is 8.93. The molecule has 4 rings (SSSR count). The van der Waals surface area contributed by atoms with Crippen molar-refractivity contribution < 1.29 is 14.1 Å². The smallest absolute Gasteiger partial charge is 0.236 e. The molecule has 1 fully saturated rings. The quantitative estimate of drug-likeness (QED) is 0.675. The Morgan fingerprint density at radius 3 is 2.56 bits per heavy atom. The van der Waals surface area contributed by atoms with Gasteiger partial charge in [0.25, 0.3) is 0 Å². The Labute approximate surface area is 156 Å². The molecular formula is C21H19N3O3. The summed E-state index contributed by atoms with van der Waals surface area (Å²) in [7, 11) is 0. The van der Waals surface area contributed by atoms with Crippen LogP contribution in [0, 0.1) is 12.8 Å². The highest BCUT2D eigenvalue weighted by Gasteiger charge is 2.30.